The monoisotopic (exact) mass is 519 g/mol. The first kappa shape index (κ1) is 25.9. The molecule has 2 aliphatic rings. The summed E-state index contributed by atoms with van der Waals surface area (Å²) >= 11 is 12.2. The number of nitrogens with zero attached hydrogens (tertiary/aromatic N) is 2. The second kappa shape index (κ2) is 10.5. The lowest BCUT2D eigenvalue weighted by Crippen LogP contribution is -2.54. The molecule has 0 saturated carbocycles. The Morgan fingerprint density at radius 2 is 1.74 bits per heavy atom. The molecule has 2 aromatic rings. The summed E-state index contributed by atoms with van der Waals surface area (Å²) in [5.74, 6) is -0.506. The van der Waals surface area contributed by atoms with Crippen LogP contribution < -0.4 is 5.32 Å². The summed E-state index contributed by atoms with van der Waals surface area (Å²) in [7, 11) is 2.12. The minimum atomic E-state index is -0.661. The highest BCUT2D eigenvalue weighted by Gasteiger charge is 2.48. The van der Waals surface area contributed by atoms with Crippen LogP contribution in [0.5, 0.6) is 0 Å². The van der Waals surface area contributed by atoms with E-state index >= 15 is 0 Å². The lowest BCUT2D eigenvalue weighted by atomic mass is 9.68. The smallest absolute Gasteiger partial charge is 0.253 e. The number of likely N-dealkylation sites (tertiary alicyclic amines) is 2. The van der Waals surface area contributed by atoms with Crippen molar-refractivity contribution in [3.05, 3.63) is 69.5 Å². The van der Waals surface area contributed by atoms with E-state index < -0.39 is 11.9 Å². The summed E-state index contributed by atoms with van der Waals surface area (Å²) in [6, 6.07) is 10.9. The van der Waals surface area contributed by atoms with Crippen LogP contribution in [0.25, 0.3) is 0 Å². The van der Waals surface area contributed by atoms with Crippen LogP contribution in [0.4, 0.5) is 4.39 Å². The van der Waals surface area contributed by atoms with Gasteiger partial charge in [-0.3, -0.25) is 9.59 Å². The predicted octanol–water partition coefficient (Wildman–Crippen LogP) is 5.22. The van der Waals surface area contributed by atoms with Crippen molar-refractivity contribution in [2.75, 3.05) is 33.2 Å². The lowest BCUT2D eigenvalue weighted by Gasteiger charge is -2.44. The quantitative estimate of drug-likeness (QED) is 0.588. The van der Waals surface area contributed by atoms with E-state index in [1.54, 1.807) is 12.1 Å². The van der Waals surface area contributed by atoms with E-state index in [2.05, 4.69) is 17.3 Å². The Bertz CT molecular complexity index is 1080. The van der Waals surface area contributed by atoms with Crippen molar-refractivity contribution in [2.45, 2.75) is 38.6 Å². The van der Waals surface area contributed by atoms with Gasteiger partial charge in [-0.2, -0.15) is 0 Å². The number of rotatable bonds is 5. The molecular weight excluding hydrogens is 488 g/mol. The van der Waals surface area contributed by atoms with Crippen molar-refractivity contribution < 1.29 is 14.0 Å². The number of piperidine rings is 1. The van der Waals surface area contributed by atoms with Gasteiger partial charge in [0.1, 0.15) is 11.9 Å². The first-order chi connectivity index (χ1) is 16.6. The molecule has 2 aromatic carbocycles. The molecule has 2 atom stereocenters. The molecule has 35 heavy (non-hydrogen) atoms. The Labute approximate surface area is 216 Å². The van der Waals surface area contributed by atoms with Crippen LogP contribution in [-0.4, -0.2) is 60.9 Å². The van der Waals surface area contributed by atoms with Gasteiger partial charge in [-0.05, 0) is 67.1 Å². The van der Waals surface area contributed by atoms with Crippen LogP contribution in [0.3, 0.4) is 0 Å². The Morgan fingerprint density at radius 3 is 2.37 bits per heavy atom. The number of amides is 2. The fraction of sp³-hybridized carbons (Fsp3) is 0.481. The van der Waals surface area contributed by atoms with Gasteiger partial charge in [0.2, 0.25) is 5.91 Å². The van der Waals surface area contributed by atoms with E-state index in [0.29, 0.717) is 29.1 Å². The molecule has 2 fully saturated rings. The van der Waals surface area contributed by atoms with Gasteiger partial charge in [-0.1, -0.05) is 49.2 Å². The van der Waals surface area contributed by atoms with Gasteiger partial charge >= 0.3 is 0 Å². The molecule has 2 saturated heterocycles. The molecule has 2 amide bonds. The molecule has 4 rings (SSSR count). The molecule has 5 nitrogen and oxygen atoms in total. The SMILES string of the molecule is CC(C)C(NC(=O)c1cc(Cl)ccc1Cl)C(=O)N1CCC2(CC1)CN(C)CC2c1ccc(F)cc1. The molecule has 188 valence electrons. The normalized spacial score (nSPS) is 20.9. The number of likely N-dealkylation sites (N-methyl/N-ethyl adjacent to an activating group) is 1. The highest BCUT2D eigenvalue weighted by atomic mass is 35.5. The van der Waals surface area contributed by atoms with E-state index in [9.17, 15) is 14.0 Å². The summed E-state index contributed by atoms with van der Waals surface area (Å²) in [4.78, 5) is 30.6. The number of nitrogens with one attached hydrogen (secondary N) is 1. The number of hydrogen-bond donors (Lipinski definition) is 1. The molecular formula is C27H32Cl2FN3O2. The van der Waals surface area contributed by atoms with Gasteiger partial charge in [-0.15, -0.1) is 0 Å². The third kappa shape index (κ3) is 5.50. The molecule has 2 heterocycles. The molecule has 8 heteroatoms. The summed E-state index contributed by atoms with van der Waals surface area (Å²) < 4.78 is 13.5. The zero-order valence-electron chi connectivity index (χ0n) is 20.4. The molecule has 0 bridgehead atoms. The van der Waals surface area contributed by atoms with E-state index in [4.69, 9.17) is 23.2 Å². The Balaban J connectivity index is 1.46. The standard InChI is InChI=1S/C27H32Cl2FN3O2/c1-17(2)24(31-25(34)21-14-19(28)6-9-23(21)29)26(35)33-12-10-27(11-13-33)16-32(3)15-22(27)18-4-7-20(30)8-5-18/h4-9,14,17,22,24H,10-13,15-16H2,1-3H3,(H,31,34). The number of carbonyl (C=O) groups is 2. The molecule has 0 radical (unpaired) electrons. The zero-order chi connectivity index (χ0) is 25.3. The summed E-state index contributed by atoms with van der Waals surface area (Å²) in [6.07, 6.45) is 1.73. The highest BCUT2D eigenvalue weighted by Crippen LogP contribution is 2.49. The fourth-order valence-corrected chi connectivity index (χ4v) is 6.03. The molecule has 0 aromatic heterocycles. The van der Waals surface area contributed by atoms with Gasteiger partial charge in [0.15, 0.2) is 0 Å². The number of carbonyl (C=O) groups excluding carboxylic acids is 2. The topological polar surface area (TPSA) is 52.7 Å². The fourth-order valence-electron chi connectivity index (χ4n) is 5.65. The van der Waals surface area contributed by atoms with Gasteiger partial charge in [0.05, 0.1) is 10.6 Å². The summed E-state index contributed by atoms with van der Waals surface area (Å²) in [6.45, 7) is 6.97. The third-order valence-electron chi connectivity index (χ3n) is 7.55. The van der Waals surface area contributed by atoms with Crippen LogP contribution in [0.15, 0.2) is 42.5 Å². The average Bonchev–Trinajstić information content (AvgIpc) is 3.14. The van der Waals surface area contributed by atoms with Crippen molar-refractivity contribution in [2.24, 2.45) is 11.3 Å². The van der Waals surface area contributed by atoms with Gasteiger partial charge in [0, 0.05) is 37.1 Å². The van der Waals surface area contributed by atoms with E-state index in [-0.39, 0.29) is 28.6 Å². The summed E-state index contributed by atoms with van der Waals surface area (Å²) in [5, 5.41) is 3.59. The second-order valence-corrected chi connectivity index (χ2v) is 11.2. The van der Waals surface area contributed by atoms with Crippen molar-refractivity contribution >= 4 is 35.0 Å². The number of halogens is 3. The van der Waals surface area contributed by atoms with Gasteiger partial charge < -0.3 is 15.1 Å². The minimum Gasteiger partial charge on any atom is -0.341 e. The van der Waals surface area contributed by atoms with E-state index in [1.165, 1.54) is 18.2 Å². The van der Waals surface area contributed by atoms with Crippen molar-refractivity contribution in [3.63, 3.8) is 0 Å². The maximum atomic E-state index is 13.5. The van der Waals surface area contributed by atoms with Crippen LogP contribution in [0.2, 0.25) is 10.0 Å². The van der Waals surface area contributed by atoms with Crippen LogP contribution in [0, 0.1) is 17.2 Å². The molecule has 0 aliphatic carbocycles. The highest BCUT2D eigenvalue weighted by molar-refractivity contribution is 6.35. The first-order valence-electron chi connectivity index (χ1n) is 12.1. The maximum Gasteiger partial charge on any atom is 0.253 e. The number of hydrogen-bond acceptors (Lipinski definition) is 3. The van der Waals surface area contributed by atoms with Gasteiger partial charge in [-0.25, -0.2) is 4.39 Å². The molecule has 2 unspecified atom stereocenters. The second-order valence-electron chi connectivity index (χ2n) is 10.3. The molecule has 1 N–H and O–H groups in total. The van der Waals surface area contributed by atoms with Gasteiger partial charge in [0.25, 0.3) is 5.91 Å². The van der Waals surface area contributed by atoms with Crippen LogP contribution in [0.1, 0.15) is 48.5 Å². The lowest BCUT2D eigenvalue weighted by molar-refractivity contribution is -0.136. The maximum absolute atomic E-state index is 13.5. The predicted molar refractivity (Wildman–Crippen MR) is 137 cm³/mol. The van der Waals surface area contributed by atoms with Crippen LogP contribution >= 0.6 is 23.2 Å². The van der Waals surface area contributed by atoms with Crippen molar-refractivity contribution in [3.8, 4) is 0 Å². The summed E-state index contributed by atoms with van der Waals surface area (Å²) in [5.41, 5.74) is 1.46. The average molecular weight is 520 g/mol. The largest absolute Gasteiger partial charge is 0.341 e. The first-order valence-corrected chi connectivity index (χ1v) is 12.8. The van der Waals surface area contributed by atoms with E-state index in [1.807, 2.05) is 30.9 Å². The Hall–Kier alpha value is -2.15. The van der Waals surface area contributed by atoms with Crippen LogP contribution in [-0.2, 0) is 4.79 Å². The minimum absolute atomic E-state index is 0.0498. The molecule has 2 aliphatic heterocycles. The van der Waals surface area contributed by atoms with E-state index in [0.717, 1.165) is 31.5 Å². The molecule has 1 spiro atoms. The zero-order valence-corrected chi connectivity index (χ0v) is 21.9. The van der Waals surface area contributed by atoms with Crippen molar-refractivity contribution in [1.82, 2.24) is 15.1 Å². The Kier molecular flexibility index (Phi) is 7.74. The van der Waals surface area contributed by atoms with Crippen molar-refractivity contribution in [1.29, 1.82) is 0 Å². The number of benzene rings is 2. The Morgan fingerprint density at radius 1 is 1.09 bits per heavy atom. The third-order valence-corrected chi connectivity index (χ3v) is 8.12.